The molecule has 3 rings (SSSR count). The molecule has 1 N–H and O–H groups in total. The number of ether oxygens (including phenoxy) is 1. The quantitative estimate of drug-likeness (QED) is 0.820. The molecular weight excluding hydrogens is 360 g/mol. The Morgan fingerprint density at radius 1 is 1.12 bits per heavy atom. The van der Waals surface area contributed by atoms with Crippen molar-refractivity contribution < 1.29 is 27.9 Å². The van der Waals surface area contributed by atoms with Crippen LogP contribution in [0.25, 0.3) is 0 Å². The van der Waals surface area contributed by atoms with Gasteiger partial charge in [-0.05, 0) is 31.0 Å². The highest BCUT2D eigenvalue weighted by molar-refractivity contribution is 7.89. The van der Waals surface area contributed by atoms with E-state index < -0.39 is 21.2 Å². The van der Waals surface area contributed by atoms with E-state index in [2.05, 4.69) is 0 Å². The smallest absolute Gasteiger partial charge is 0.335 e. The van der Waals surface area contributed by atoms with Crippen molar-refractivity contribution in [3.05, 3.63) is 35.4 Å². The van der Waals surface area contributed by atoms with E-state index in [1.54, 1.807) is 6.07 Å². The van der Waals surface area contributed by atoms with Crippen molar-refractivity contribution in [2.24, 2.45) is 0 Å². The normalized spacial score (nSPS) is 22.2. The van der Waals surface area contributed by atoms with Crippen LogP contribution in [0.4, 0.5) is 0 Å². The number of carboxylic acids is 1. The number of morpholine rings is 1. The van der Waals surface area contributed by atoms with Gasteiger partial charge in [0.2, 0.25) is 10.0 Å². The van der Waals surface area contributed by atoms with Crippen LogP contribution in [0.3, 0.4) is 0 Å². The Bertz CT molecular complexity index is 788. The monoisotopic (exact) mass is 382 g/mol. The average molecular weight is 382 g/mol. The lowest BCUT2D eigenvalue weighted by atomic mass is 10.1. The Morgan fingerprint density at radius 2 is 1.81 bits per heavy atom. The summed E-state index contributed by atoms with van der Waals surface area (Å²) in [6, 6.07) is 5.81. The number of hydrogen-bond acceptors (Lipinski definition) is 5. The van der Waals surface area contributed by atoms with Gasteiger partial charge < -0.3 is 14.7 Å². The molecule has 9 heteroatoms. The van der Waals surface area contributed by atoms with Gasteiger partial charge in [-0.2, -0.15) is 4.31 Å². The number of benzene rings is 1. The highest BCUT2D eigenvalue weighted by Gasteiger charge is 2.37. The van der Waals surface area contributed by atoms with Crippen LogP contribution in [-0.4, -0.2) is 79.2 Å². The molecule has 8 nitrogen and oxygen atoms in total. The van der Waals surface area contributed by atoms with E-state index >= 15 is 0 Å². The summed E-state index contributed by atoms with van der Waals surface area (Å²) in [4.78, 5) is 25.3. The lowest BCUT2D eigenvalue weighted by Crippen LogP contribution is -2.51. The Morgan fingerprint density at radius 3 is 2.50 bits per heavy atom. The number of carbonyl (C=O) groups excluding carboxylic acids is 1. The summed E-state index contributed by atoms with van der Waals surface area (Å²) in [7, 11) is -3.49. The number of nitrogens with zero attached hydrogens (tertiary/aromatic N) is 2. The van der Waals surface area contributed by atoms with Gasteiger partial charge in [0.15, 0.2) is 0 Å². The van der Waals surface area contributed by atoms with Gasteiger partial charge >= 0.3 is 5.97 Å². The molecule has 0 aromatic heterocycles. The van der Waals surface area contributed by atoms with E-state index in [0.717, 1.165) is 0 Å². The minimum atomic E-state index is -3.49. The predicted octanol–water partition coefficient (Wildman–Crippen LogP) is 0.651. The van der Waals surface area contributed by atoms with Crippen molar-refractivity contribution in [1.29, 1.82) is 0 Å². The molecule has 0 spiro atoms. The van der Waals surface area contributed by atoms with Crippen LogP contribution in [0.1, 0.15) is 33.6 Å². The van der Waals surface area contributed by atoms with Gasteiger partial charge in [-0.1, -0.05) is 6.07 Å². The van der Waals surface area contributed by atoms with Crippen LogP contribution in [-0.2, 0) is 14.8 Å². The SMILES string of the molecule is O=C(O)c1cccc(C(=O)N2CCCC(S(=O)(=O)N3CCOCC3)C2)c1. The molecule has 2 heterocycles. The third kappa shape index (κ3) is 3.89. The summed E-state index contributed by atoms with van der Waals surface area (Å²) in [5.41, 5.74) is 0.291. The minimum absolute atomic E-state index is 0.0327. The van der Waals surface area contributed by atoms with Gasteiger partial charge in [0.25, 0.3) is 5.91 Å². The van der Waals surface area contributed by atoms with Gasteiger partial charge in [-0.15, -0.1) is 0 Å². The number of carbonyl (C=O) groups is 2. The summed E-state index contributed by atoms with van der Waals surface area (Å²) >= 11 is 0. The lowest BCUT2D eigenvalue weighted by Gasteiger charge is -2.36. The number of amides is 1. The zero-order valence-electron chi connectivity index (χ0n) is 14.3. The number of aromatic carboxylic acids is 1. The first kappa shape index (κ1) is 18.8. The van der Waals surface area contributed by atoms with Crippen molar-refractivity contribution >= 4 is 21.9 Å². The second kappa shape index (κ2) is 7.73. The molecule has 1 amide bonds. The van der Waals surface area contributed by atoms with Crippen LogP contribution >= 0.6 is 0 Å². The number of carboxylic acid groups (broad SMARTS) is 1. The maximum absolute atomic E-state index is 12.8. The Kier molecular flexibility index (Phi) is 5.59. The molecule has 26 heavy (non-hydrogen) atoms. The molecular formula is C17H22N2O6S. The number of hydrogen-bond donors (Lipinski definition) is 1. The molecule has 2 aliphatic heterocycles. The van der Waals surface area contributed by atoms with Crippen molar-refractivity contribution in [2.75, 3.05) is 39.4 Å². The number of piperidine rings is 1. The Balaban J connectivity index is 1.74. The molecule has 2 saturated heterocycles. The number of likely N-dealkylation sites (tertiary alicyclic amines) is 1. The van der Waals surface area contributed by atoms with Crippen LogP contribution in [0.15, 0.2) is 24.3 Å². The average Bonchev–Trinajstić information content (AvgIpc) is 2.68. The lowest BCUT2D eigenvalue weighted by molar-refractivity contribution is 0.0685. The van der Waals surface area contributed by atoms with Crippen LogP contribution in [0, 0.1) is 0 Å². The first-order valence-electron chi connectivity index (χ1n) is 8.59. The van der Waals surface area contributed by atoms with Gasteiger partial charge in [0, 0.05) is 31.7 Å². The maximum Gasteiger partial charge on any atom is 0.335 e. The standard InChI is InChI=1S/C17H22N2O6S/c20-16(13-3-1-4-14(11-13)17(21)22)18-6-2-5-15(12-18)26(23,24)19-7-9-25-10-8-19/h1,3-4,11,15H,2,5-10,12H2,(H,21,22). The van der Waals surface area contributed by atoms with Crippen molar-refractivity contribution in [3.8, 4) is 0 Å². The first-order chi connectivity index (χ1) is 12.4. The van der Waals surface area contributed by atoms with Gasteiger partial charge in [0.1, 0.15) is 0 Å². The van der Waals surface area contributed by atoms with Crippen LogP contribution in [0.2, 0.25) is 0 Å². The molecule has 2 aliphatic rings. The maximum atomic E-state index is 12.8. The second-order valence-electron chi connectivity index (χ2n) is 6.46. The molecule has 0 bridgehead atoms. The van der Waals surface area contributed by atoms with Crippen LogP contribution in [0.5, 0.6) is 0 Å². The van der Waals surface area contributed by atoms with Crippen molar-refractivity contribution in [3.63, 3.8) is 0 Å². The topological polar surface area (TPSA) is 104 Å². The summed E-state index contributed by atoms with van der Waals surface area (Å²) < 4.78 is 32.3. The molecule has 0 aliphatic carbocycles. The Hall–Kier alpha value is -1.97. The van der Waals surface area contributed by atoms with Gasteiger partial charge in [-0.3, -0.25) is 4.79 Å². The van der Waals surface area contributed by atoms with Gasteiger partial charge in [-0.25, -0.2) is 13.2 Å². The second-order valence-corrected chi connectivity index (χ2v) is 8.67. The Labute approximate surface area is 152 Å². The highest BCUT2D eigenvalue weighted by Crippen LogP contribution is 2.23. The van der Waals surface area contributed by atoms with E-state index in [0.29, 0.717) is 45.7 Å². The minimum Gasteiger partial charge on any atom is -0.478 e. The molecule has 2 fully saturated rings. The summed E-state index contributed by atoms with van der Waals surface area (Å²) in [5, 5.41) is 8.44. The molecule has 142 valence electrons. The van der Waals surface area contributed by atoms with E-state index in [-0.39, 0.29) is 23.6 Å². The highest BCUT2D eigenvalue weighted by atomic mass is 32.2. The zero-order chi connectivity index (χ0) is 18.7. The van der Waals surface area contributed by atoms with E-state index in [4.69, 9.17) is 9.84 Å². The fraction of sp³-hybridized carbons (Fsp3) is 0.529. The fourth-order valence-corrected chi connectivity index (χ4v) is 5.26. The molecule has 1 aromatic rings. The third-order valence-corrected chi connectivity index (χ3v) is 7.09. The van der Waals surface area contributed by atoms with Crippen molar-refractivity contribution in [1.82, 2.24) is 9.21 Å². The molecule has 1 atom stereocenters. The van der Waals surface area contributed by atoms with Crippen LogP contribution < -0.4 is 0 Å². The molecule has 0 saturated carbocycles. The molecule has 1 unspecified atom stereocenters. The molecule has 0 radical (unpaired) electrons. The largest absolute Gasteiger partial charge is 0.478 e. The first-order valence-corrected chi connectivity index (χ1v) is 10.1. The summed E-state index contributed by atoms with van der Waals surface area (Å²) in [5.74, 6) is -1.44. The number of rotatable bonds is 4. The summed E-state index contributed by atoms with van der Waals surface area (Å²) in [6.07, 6.45) is 1.11. The van der Waals surface area contributed by atoms with Crippen molar-refractivity contribution in [2.45, 2.75) is 18.1 Å². The molecule has 1 aromatic carbocycles. The van der Waals surface area contributed by atoms with E-state index in [9.17, 15) is 18.0 Å². The summed E-state index contributed by atoms with van der Waals surface area (Å²) in [6.45, 7) is 2.04. The number of sulfonamides is 1. The van der Waals surface area contributed by atoms with E-state index in [1.807, 2.05) is 0 Å². The van der Waals surface area contributed by atoms with E-state index in [1.165, 1.54) is 27.4 Å². The predicted molar refractivity (Wildman–Crippen MR) is 93.6 cm³/mol. The zero-order valence-corrected chi connectivity index (χ0v) is 15.2. The fourth-order valence-electron chi connectivity index (χ4n) is 3.35. The third-order valence-electron chi connectivity index (χ3n) is 4.77. The van der Waals surface area contributed by atoms with Gasteiger partial charge in [0.05, 0.1) is 24.0 Å².